The van der Waals surface area contributed by atoms with Crippen LogP contribution in [-0.4, -0.2) is 65.0 Å². The van der Waals surface area contributed by atoms with E-state index in [1.807, 2.05) is 11.8 Å². The molecule has 0 bridgehead atoms. The van der Waals surface area contributed by atoms with Crippen LogP contribution in [0.4, 0.5) is 9.52 Å². The normalized spacial score (nSPS) is 24.0. The Labute approximate surface area is 161 Å². The van der Waals surface area contributed by atoms with Gasteiger partial charge in [0.2, 0.25) is 5.13 Å². The van der Waals surface area contributed by atoms with Gasteiger partial charge in [-0.15, -0.1) is 10.2 Å². The zero-order chi connectivity index (χ0) is 17.8. The molecule has 2 saturated heterocycles. The van der Waals surface area contributed by atoms with Gasteiger partial charge in [-0.1, -0.05) is 23.5 Å². The molecule has 140 valence electrons. The predicted octanol–water partition coefficient (Wildman–Crippen LogP) is 2.89. The maximum atomic E-state index is 13.0. The van der Waals surface area contributed by atoms with Gasteiger partial charge < -0.3 is 10.1 Å². The molecule has 4 rings (SSSR count). The van der Waals surface area contributed by atoms with Crippen molar-refractivity contribution in [3.63, 3.8) is 0 Å². The minimum atomic E-state index is -0.212. The number of hydrogen-bond acceptors (Lipinski definition) is 7. The Morgan fingerprint density at radius 1 is 1.19 bits per heavy atom. The molecular formula is C18H23FN4OS2. The van der Waals surface area contributed by atoms with Crippen LogP contribution in [0.5, 0.6) is 0 Å². The molecule has 0 saturated carbocycles. The fourth-order valence-corrected chi connectivity index (χ4v) is 5.80. The predicted molar refractivity (Wildman–Crippen MR) is 105 cm³/mol. The number of nitrogens with one attached hydrogen (secondary N) is 1. The maximum Gasteiger partial charge on any atom is 0.205 e. The van der Waals surface area contributed by atoms with E-state index in [-0.39, 0.29) is 11.4 Å². The van der Waals surface area contributed by atoms with E-state index in [1.165, 1.54) is 24.3 Å². The molecule has 0 aliphatic carbocycles. The van der Waals surface area contributed by atoms with Gasteiger partial charge in [-0.25, -0.2) is 4.39 Å². The summed E-state index contributed by atoms with van der Waals surface area (Å²) in [7, 11) is 0. The number of ether oxygens (including phenoxy) is 1. The van der Waals surface area contributed by atoms with Gasteiger partial charge in [0.25, 0.3) is 0 Å². The average molecular weight is 395 g/mol. The van der Waals surface area contributed by atoms with Crippen molar-refractivity contribution in [3.05, 3.63) is 40.7 Å². The maximum absolute atomic E-state index is 13.0. The van der Waals surface area contributed by atoms with Crippen LogP contribution in [-0.2, 0) is 11.2 Å². The highest BCUT2D eigenvalue weighted by Gasteiger charge is 2.40. The first-order chi connectivity index (χ1) is 12.7. The van der Waals surface area contributed by atoms with Crippen LogP contribution in [0.3, 0.4) is 0 Å². The topological polar surface area (TPSA) is 50.3 Å². The summed E-state index contributed by atoms with van der Waals surface area (Å²) in [5.41, 5.74) is 1.24. The monoisotopic (exact) mass is 394 g/mol. The van der Waals surface area contributed by atoms with Crippen LogP contribution in [0, 0.1) is 5.82 Å². The van der Waals surface area contributed by atoms with Crippen molar-refractivity contribution in [1.82, 2.24) is 15.1 Å². The second kappa shape index (κ2) is 8.21. The Bertz CT molecular complexity index is 712. The van der Waals surface area contributed by atoms with Gasteiger partial charge in [-0.05, 0) is 29.9 Å². The molecule has 0 radical (unpaired) electrons. The van der Waals surface area contributed by atoms with Crippen LogP contribution in [0.25, 0.3) is 0 Å². The molecule has 2 aliphatic rings. The number of benzene rings is 1. The lowest BCUT2D eigenvalue weighted by atomic mass is 9.95. The van der Waals surface area contributed by atoms with Crippen molar-refractivity contribution in [2.45, 2.75) is 18.4 Å². The first kappa shape index (κ1) is 18.2. The van der Waals surface area contributed by atoms with Crippen molar-refractivity contribution in [1.29, 1.82) is 0 Å². The van der Waals surface area contributed by atoms with Crippen LogP contribution in [0.2, 0.25) is 0 Å². The summed E-state index contributed by atoms with van der Waals surface area (Å²) in [6.45, 7) is 4.56. The molecule has 26 heavy (non-hydrogen) atoms. The summed E-state index contributed by atoms with van der Waals surface area (Å²) >= 11 is 3.62. The van der Waals surface area contributed by atoms with E-state index in [9.17, 15) is 4.39 Å². The molecule has 1 unspecified atom stereocenters. The number of hydrogen-bond donors (Lipinski definition) is 1. The zero-order valence-electron chi connectivity index (χ0n) is 14.6. The molecule has 2 fully saturated rings. The van der Waals surface area contributed by atoms with Gasteiger partial charge in [-0.3, -0.25) is 4.90 Å². The molecule has 5 nitrogen and oxygen atoms in total. The Morgan fingerprint density at radius 2 is 2.00 bits per heavy atom. The van der Waals surface area contributed by atoms with Crippen LogP contribution < -0.4 is 5.32 Å². The molecule has 1 aromatic carbocycles. The van der Waals surface area contributed by atoms with Crippen molar-refractivity contribution >= 4 is 28.2 Å². The second-order valence-electron chi connectivity index (χ2n) is 6.78. The Hall–Kier alpha value is -1.22. The first-order valence-corrected chi connectivity index (χ1v) is 10.9. The quantitative estimate of drug-likeness (QED) is 0.813. The van der Waals surface area contributed by atoms with Crippen molar-refractivity contribution in [2.24, 2.45) is 0 Å². The zero-order valence-corrected chi connectivity index (χ0v) is 16.3. The third-order valence-electron chi connectivity index (χ3n) is 5.07. The number of thioether (sulfide) groups is 1. The minimum Gasteiger partial charge on any atom is -0.379 e. The number of nitrogens with zero attached hydrogens (tertiary/aromatic N) is 3. The lowest BCUT2D eigenvalue weighted by Crippen LogP contribution is -2.57. The number of halogens is 1. The molecule has 2 aliphatic heterocycles. The molecule has 3 heterocycles. The first-order valence-electron chi connectivity index (χ1n) is 8.95. The minimum absolute atomic E-state index is 0.192. The van der Waals surface area contributed by atoms with Crippen molar-refractivity contribution in [3.8, 4) is 0 Å². The summed E-state index contributed by atoms with van der Waals surface area (Å²) in [5, 5.41) is 13.9. The highest BCUT2D eigenvalue weighted by Crippen LogP contribution is 2.34. The van der Waals surface area contributed by atoms with E-state index in [1.54, 1.807) is 23.5 Å². The average Bonchev–Trinajstić information content (AvgIpc) is 3.33. The lowest BCUT2D eigenvalue weighted by Gasteiger charge is -2.43. The molecule has 1 aromatic heterocycles. The molecule has 1 N–H and O–H groups in total. The number of rotatable bonds is 6. The Kier molecular flexibility index (Phi) is 5.73. The Morgan fingerprint density at radius 3 is 2.73 bits per heavy atom. The third-order valence-corrected chi connectivity index (χ3v) is 7.18. The molecule has 2 aromatic rings. The molecule has 0 amide bonds. The van der Waals surface area contributed by atoms with Crippen LogP contribution in [0.1, 0.15) is 17.0 Å². The van der Waals surface area contributed by atoms with E-state index in [0.29, 0.717) is 6.42 Å². The highest BCUT2D eigenvalue weighted by atomic mass is 32.2. The summed E-state index contributed by atoms with van der Waals surface area (Å²) in [6.07, 6.45) is 1.88. The van der Waals surface area contributed by atoms with E-state index < -0.39 is 0 Å². The number of aromatic nitrogens is 2. The van der Waals surface area contributed by atoms with E-state index >= 15 is 0 Å². The van der Waals surface area contributed by atoms with Crippen molar-refractivity contribution < 1.29 is 9.13 Å². The highest BCUT2D eigenvalue weighted by molar-refractivity contribution is 7.99. The van der Waals surface area contributed by atoms with Gasteiger partial charge >= 0.3 is 0 Å². The second-order valence-corrected chi connectivity index (χ2v) is 8.95. The standard InChI is InChI=1S/C18H23FN4OS2/c19-15-3-1-14(2-4-15)11-16-21-22-17(26-16)20-12-18(5-10-25-13-18)23-6-8-24-9-7-23/h1-4H,5-13H2,(H,20,22). The summed E-state index contributed by atoms with van der Waals surface area (Å²) < 4.78 is 18.5. The van der Waals surface area contributed by atoms with E-state index in [2.05, 4.69) is 20.4 Å². The van der Waals surface area contributed by atoms with Gasteiger partial charge in [0.05, 0.1) is 13.2 Å². The van der Waals surface area contributed by atoms with Gasteiger partial charge in [0.1, 0.15) is 10.8 Å². The van der Waals surface area contributed by atoms with E-state index in [4.69, 9.17) is 4.74 Å². The number of anilines is 1. The summed E-state index contributed by atoms with van der Waals surface area (Å²) in [6, 6.07) is 6.57. The molecule has 8 heteroatoms. The number of morpholine rings is 1. The van der Waals surface area contributed by atoms with E-state index in [0.717, 1.165) is 54.3 Å². The van der Waals surface area contributed by atoms with Gasteiger partial charge in [0, 0.05) is 37.3 Å². The Balaban J connectivity index is 1.37. The molecular weight excluding hydrogens is 371 g/mol. The van der Waals surface area contributed by atoms with Crippen LogP contribution >= 0.6 is 23.1 Å². The van der Waals surface area contributed by atoms with Crippen molar-refractivity contribution in [2.75, 3.05) is 49.7 Å². The molecule has 0 spiro atoms. The third kappa shape index (κ3) is 4.19. The van der Waals surface area contributed by atoms with Gasteiger partial charge in [0.15, 0.2) is 0 Å². The lowest BCUT2D eigenvalue weighted by molar-refractivity contribution is -0.00920. The van der Waals surface area contributed by atoms with Gasteiger partial charge in [-0.2, -0.15) is 11.8 Å². The van der Waals surface area contributed by atoms with Crippen LogP contribution in [0.15, 0.2) is 24.3 Å². The SMILES string of the molecule is Fc1ccc(Cc2nnc(NCC3(N4CCOCC4)CCSC3)s2)cc1. The summed E-state index contributed by atoms with van der Waals surface area (Å²) in [4.78, 5) is 2.59. The smallest absolute Gasteiger partial charge is 0.205 e. The fourth-order valence-electron chi connectivity index (χ4n) is 3.55. The largest absolute Gasteiger partial charge is 0.379 e. The fraction of sp³-hybridized carbons (Fsp3) is 0.556. The molecule has 1 atom stereocenters. The summed E-state index contributed by atoms with van der Waals surface area (Å²) in [5.74, 6) is 2.16.